The van der Waals surface area contributed by atoms with Gasteiger partial charge in [0.1, 0.15) is 12.1 Å². The Balaban J connectivity index is 3.16. The van der Waals surface area contributed by atoms with Gasteiger partial charge >= 0.3 is 0 Å². The Morgan fingerprint density at radius 3 is 2.70 bits per heavy atom. The number of carbonyl (C=O) groups excluding carboxylic acids is 1. The number of hydrogen-bond donors (Lipinski definition) is 1. The molecule has 0 amide bonds. The Hall–Kier alpha value is -1.38. The molecule has 0 saturated heterocycles. The normalized spacial score (nSPS) is 9.30. The molecule has 0 aromatic heterocycles. The average molecular weight is 139 g/mol. The summed E-state index contributed by atoms with van der Waals surface area (Å²) in [5.74, 6) is -0.551. The Bertz CT molecular complexity index is 260. The van der Waals surface area contributed by atoms with Gasteiger partial charge in [0.25, 0.3) is 0 Å². The van der Waals surface area contributed by atoms with E-state index in [0.717, 1.165) is 6.07 Å². The van der Waals surface area contributed by atoms with Crippen molar-refractivity contribution in [1.29, 1.82) is 0 Å². The number of benzene rings is 1. The van der Waals surface area contributed by atoms with E-state index in [1.165, 1.54) is 12.1 Å². The molecule has 2 N–H and O–H groups in total. The van der Waals surface area contributed by atoms with Crippen LogP contribution in [0.15, 0.2) is 18.2 Å². The predicted molar refractivity (Wildman–Crippen MR) is 36.2 cm³/mol. The lowest BCUT2D eigenvalue weighted by atomic mass is 10.2. The van der Waals surface area contributed by atoms with E-state index >= 15 is 0 Å². The van der Waals surface area contributed by atoms with Gasteiger partial charge in [-0.15, -0.1) is 0 Å². The van der Waals surface area contributed by atoms with Crippen LogP contribution in [0.1, 0.15) is 10.4 Å². The molecule has 0 aliphatic carbocycles. The SMILES string of the molecule is Nc1ccc(C=O)cc1F. The summed E-state index contributed by atoms with van der Waals surface area (Å²) in [4.78, 5) is 10.1. The summed E-state index contributed by atoms with van der Waals surface area (Å²) in [7, 11) is 0. The highest BCUT2D eigenvalue weighted by atomic mass is 19.1. The van der Waals surface area contributed by atoms with Gasteiger partial charge in [0.05, 0.1) is 5.69 Å². The molecule has 0 radical (unpaired) electrons. The molecule has 3 heteroatoms. The van der Waals surface area contributed by atoms with Crippen LogP contribution in [0.2, 0.25) is 0 Å². The second-order valence-corrected chi connectivity index (χ2v) is 1.90. The quantitative estimate of drug-likeness (QED) is 0.469. The lowest BCUT2D eigenvalue weighted by Gasteiger charge is -1.94. The van der Waals surface area contributed by atoms with E-state index in [1.807, 2.05) is 0 Å². The van der Waals surface area contributed by atoms with Crippen molar-refractivity contribution in [1.82, 2.24) is 0 Å². The van der Waals surface area contributed by atoms with Crippen LogP contribution in [-0.4, -0.2) is 6.29 Å². The van der Waals surface area contributed by atoms with Gasteiger partial charge in [-0.05, 0) is 18.2 Å². The van der Waals surface area contributed by atoms with Crippen LogP contribution in [-0.2, 0) is 0 Å². The minimum Gasteiger partial charge on any atom is -0.396 e. The fourth-order valence-corrected chi connectivity index (χ4v) is 0.617. The van der Waals surface area contributed by atoms with Crippen LogP contribution in [0.25, 0.3) is 0 Å². The van der Waals surface area contributed by atoms with Gasteiger partial charge in [-0.1, -0.05) is 0 Å². The number of nitrogen functional groups attached to an aromatic ring is 1. The number of nitrogens with two attached hydrogens (primary N) is 1. The maximum absolute atomic E-state index is 12.5. The Labute approximate surface area is 57.5 Å². The highest BCUT2D eigenvalue weighted by Crippen LogP contribution is 2.09. The molecule has 0 bridgehead atoms. The van der Waals surface area contributed by atoms with Gasteiger partial charge in [-0.25, -0.2) is 4.39 Å². The Kier molecular flexibility index (Phi) is 1.67. The topological polar surface area (TPSA) is 43.1 Å². The minimum absolute atomic E-state index is 0.0607. The second kappa shape index (κ2) is 2.47. The number of anilines is 1. The molecule has 1 aromatic rings. The van der Waals surface area contributed by atoms with E-state index in [4.69, 9.17) is 5.73 Å². The third-order valence-corrected chi connectivity index (χ3v) is 1.16. The highest BCUT2D eigenvalue weighted by Gasteiger charge is 1.96. The van der Waals surface area contributed by atoms with E-state index in [1.54, 1.807) is 0 Å². The van der Waals surface area contributed by atoms with Crippen LogP contribution in [0.5, 0.6) is 0 Å². The lowest BCUT2D eigenvalue weighted by Crippen LogP contribution is -1.91. The zero-order valence-electron chi connectivity index (χ0n) is 5.17. The van der Waals surface area contributed by atoms with Crippen LogP contribution in [0.4, 0.5) is 10.1 Å². The van der Waals surface area contributed by atoms with Gasteiger partial charge in [0.2, 0.25) is 0 Å². The van der Waals surface area contributed by atoms with Crippen molar-refractivity contribution >= 4 is 12.0 Å². The van der Waals surface area contributed by atoms with Crippen molar-refractivity contribution < 1.29 is 9.18 Å². The Morgan fingerprint density at radius 2 is 2.20 bits per heavy atom. The molecule has 0 aliphatic rings. The Morgan fingerprint density at radius 1 is 1.50 bits per heavy atom. The number of rotatable bonds is 1. The number of halogens is 1. The largest absolute Gasteiger partial charge is 0.396 e. The molecule has 10 heavy (non-hydrogen) atoms. The molecule has 0 atom stereocenters. The molecule has 0 heterocycles. The molecule has 0 aliphatic heterocycles. The molecule has 1 aromatic carbocycles. The summed E-state index contributed by atoms with van der Waals surface area (Å²) in [6, 6.07) is 3.92. The minimum atomic E-state index is -0.551. The summed E-state index contributed by atoms with van der Waals surface area (Å²) in [5, 5.41) is 0. The van der Waals surface area contributed by atoms with Gasteiger partial charge < -0.3 is 5.73 Å². The van der Waals surface area contributed by atoms with E-state index in [0.29, 0.717) is 11.8 Å². The van der Waals surface area contributed by atoms with Gasteiger partial charge in [0.15, 0.2) is 0 Å². The molecular formula is C7H6FNO. The second-order valence-electron chi connectivity index (χ2n) is 1.90. The predicted octanol–water partition coefficient (Wildman–Crippen LogP) is 1.22. The lowest BCUT2D eigenvalue weighted by molar-refractivity contribution is 0.112. The summed E-state index contributed by atoms with van der Waals surface area (Å²) >= 11 is 0. The fraction of sp³-hybridized carbons (Fsp3) is 0. The molecule has 0 saturated carbocycles. The van der Waals surface area contributed by atoms with Crippen molar-refractivity contribution in [3.8, 4) is 0 Å². The summed E-state index contributed by atoms with van der Waals surface area (Å²) in [6.45, 7) is 0. The van der Waals surface area contributed by atoms with E-state index < -0.39 is 5.82 Å². The highest BCUT2D eigenvalue weighted by molar-refractivity contribution is 5.75. The van der Waals surface area contributed by atoms with Crippen LogP contribution < -0.4 is 5.73 Å². The summed E-state index contributed by atoms with van der Waals surface area (Å²) in [6.07, 6.45) is 0.572. The third-order valence-electron chi connectivity index (χ3n) is 1.16. The first-order valence-electron chi connectivity index (χ1n) is 2.74. The molecule has 1 rings (SSSR count). The van der Waals surface area contributed by atoms with E-state index in [2.05, 4.69) is 0 Å². The van der Waals surface area contributed by atoms with Crippen molar-refractivity contribution in [3.05, 3.63) is 29.6 Å². The van der Waals surface area contributed by atoms with Crippen molar-refractivity contribution in [2.75, 3.05) is 5.73 Å². The molecule has 52 valence electrons. The van der Waals surface area contributed by atoms with Gasteiger partial charge in [0, 0.05) is 5.56 Å². The first kappa shape index (κ1) is 6.74. The van der Waals surface area contributed by atoms with Crippen LogP contribution in [0.3, 0.4) is 0 Å². The number of aldehydes is 1. The maximum atomic E-state index is 12.5. The third kappa shape index (κ3) is 1.13. The standard InChI is InChI=1S/C7H6FNO/c8-6-3-5(4-10)1-2-7(6)9/h1-4H,9H2. The van der Waals surface area contributed by atoms with Crippen LogP contribution >= 0.6 is 0 Å². The van der Waals surface area contributed by atoms with E-state index in [-0.39, 0.29) is 5.69 Å². The summed E-state index contributed by atoms with van der Waals surface area (Å²) in [5.41, 5.74) is 5.51. The van der Waals surface area contributed by atoms with E-state index in [9.17, 15) is 9.18 Å². The number of carbonyl (C=O) groups is 1. The summed E-state index contributed by atoms with van der Waals surface area (Å²) < 4.78 is 12.5. The molecule has 0 unspecified atom stereocenters. The maximum Gasteiger partial charge on any atom is 0.150 e. The first-order valence-corrected chi connectivity index (χ1v) is 2.74. The van der Waals surface area contributed by atoms with Crippen LogP contribution in [0, 0.1) is 5.82 Å². The van der Waals surface area contributed by atoms with Crippen molar-refractivity contribution in [3.63, 3.8) is 0 Å². The van der Waals surface area contributed by atoms with Crippen molar-refractivity contribution in [2.24, 2.45) is 0 Å². The first-order chi connectivity index (χ1) is 4.74. The molecule has 2 nitrogen and oxygen atoms in total. The van der Waals surface area contributed by atoms with Gasteiger partial charge in [-0.2, -0.15) is 0 Å². The van der Waals surface area contributed by atoms with Gasteiger partial charge in [-0.3, -0.25) is 4.79 Å². The monoisotopic (exact) mass is 139 g/mol. The zero-order valence-corrected chi connectivity index (χ0v) is 5.17. The average Bonchev–Trinajstić information content (AvgIpc) is 1.95. The van der Waals surface area contributed by atoms with Crippen molar-refractivity contribution in [2.45, 2.75) is 0 Å². The molecule has 0 fully saturated rings. The zero-order chi connectivity index (χ0) is 7.56. The molecular weight excluding hydrogens is 133 g/mol. The smallest absolute Gasteiger partial charge is 0.150 e. The fourth-order valence-electron chi connectivity index (χ4n) is 0.617. The molecule has 0 spiro atoms. The number of hydrogen-bond acceptors (Lipinski definition) is 2.